The van der Waals surface area contributed by atoms with Gasteiger partial charge >= 0.3 is 0 Å². The number of halogens is 2. The Bertz CT molecular complexity index is 687. The molecule has 0 saturated heterocycles. The maximum absolute atomic E-state index is 12.6. The maximum atomic E-state index is 12.6. The minimum atomic E-state index is -1.24. The summed E-state index contributed by atoms with van der Waals surface area (Å²) in [5.74, 6) is 0.368. The van der Waals surface area contributed by atoms with Crippen molar-refractivity contribution in [3.63, 3.8) is 0 Å². The molecule has 7 heteroatoms. The predicted octanol–water partition coefficient (Wildman–Crippen LogP) is 3.77. The zero-order valence-corrected chi connectivity index (χ0v) is 15.1. The third-order valence-electron chi connectivity index (χ3n) is 3.18. The number of benzene rings is 1. The van der Waals surface area contributed by atoms with E-state index in [1.54, 1.807) is 18.2 Å². The highest BCUT2D eigenvalue weighted by Gasteiger charge is 2.18. The molecule has 0 aliphatic carbocycles. The van der Waals surface area contributed by atoms with E-state index >= 15 is 0 Å². The first-order valence-corrected chi connectivity index (χ1v) is 9.14. The molecule has 0 amide bonds. The molecule has 1 atom stereocenters. The topological polar surface area (TPSA) is 60.9 Å². The lowest BCUT2D eigenvalue weighted by molar-refractivity contribution is 0.623. The molecular weight excluding hydrogens is 374 g/mol. The quantitative estimate of drug-likeness (QED) is 0.790. The van der Waals surface area contributed by atoms with Crippen LogP contribution in [0.4, 0.5) is 5.69 Å². The normalized spacial score (nSPS) is 12.6. The second-order valence-corrected chi connectivity index (χ2v) is 7.20. The number of aryl methyl sites for hydroxylation is 2. The molecule has 114 valence electrons. The molecule has 1 aromatic carbocycles. The number of rotatable bonds is 5. The Balaban J connectivity index is 2.33. The standard InChI is InChI=1S/C14H17BrClN3OS/c1-3-11-14(15)12(19(4-2)18-11)8-21(20)13-6-5-9(16)7-10(13)17/h5-7H,3-4,8,17H2,1-2H3. The van der Waals surface area contributed by atoms with Gasteiger partial charge in [0.05, 0.1) is 37.3 Å². The van der Waals surface area contributed by atoms with Gasteiger partial charge < -0.3 is 5.73 Å². The minimum Gasteiger partial charge on any atom is -0.398 e. The summed E-state index contributed by atoms with van der Waals surface area (Å²) in [5, 5.41) is 5.06. The number of anilines is 1. The summed E-state index contributed by atoms with van der Waals surface area (Å²) < 4.78 is 15.4. The summed E-state index contributed by atoms with van der Waals surface area (Å²) >= 11 is 9.44. The largest absolute Gasteiger partial charge is 0.398 e. The Kier molecular flexibility index (Phi) is 5.46. The van der Waals surface area contributed by atoms with E-state index < -0.39 is 10.8 Å². The van der Waals surface area contributed by atoms with Crippen molar-refractivity contribution in [2.45, 2.75) is 37.5 Å². The van der Waals surface area contributed by atoms with Gasteiger partial charge in [0.25, 0.3) is 0 Å². The Morgan fingerprint density at radius 2 is 2.14 bits per heavy atom. The fourth-order valence-electron chi connectivity index (χ4n) is 2.08. The fourth-order valence-corrected chi connectivity index (χ4v) is 4.39. The number of hydrogen-bond acceptors (Lipinski definition) is 3. The van der Waals surface area contributed by atoms with E-state index in [2.05, 4.69) is 21.0 Å². The van der Waals surface area contributed by atoms with Crippen LogP contribution in [0.3, 0.4) is 0 Å². The van der Waals surface area contributed by atoms with E-state index in [0.717, 1.165) is 28.8 Å². The van der Waals surface area contributed by atoms with Gasteiger partial charge in [-0.1, -0.05) is 18.5 Å². The summed E-state index contributed by atoms with van der Waals surface area (Å²) in [6, 6.07) is 5.04. The Morgan fingerprint density at radius 3 is 2.71 bits per heavy atom. The van der Waals surface area contributed by atoms with Crippen molar-refractivity contribution in [3.8, 4) is 0 Å². The zero-order valence-electron chi connectivity index (χ0n) is 11.9. The van der Waals surface area contributed by atoms with Crippen molar-refractivity contribution in [1.29, 1.82) is 0 Å². The van der Waals surface area contributed by atoms with Crippen LogP contribution in [0.25, 0.3) is 0 Å². The molecule has 1 heterocycles. The molecular formula is C14H17BrClN3OS. The second-order valence-electron chi connectivity index (χ2n) is 4.55. The van der Waals surface area contributed by atoms with Gasteiger partial charge in [-0.2, -0.15) is 5.10 Å². The number of nitrogens with two attached hydrogens (primary N) is 1. The molecule has 0 spiro atoms. The lowest BCUT2D eigenvalue weighted by atomic mass is 10.3. The molecule has 0 fully saturated rings. The van der Waals surface area contributed by atoms with Crippen LogP contribution in [0.15, 0.2) is 27.6 Å². The van der Waals surface area contributed by atoms with Crippen molar-refractivity contribution in [2.24, 2.45) is 0 Å². The number of aromatic nitrogens is 2. The zero-order chi connectivity index (χ0) is 15.6. The summed E-state index contributed by atoms with van der Waals surface area (Å²) in [5.41, 5.74) is 8.27. The van der Waals surface area contributed by atoms with Crippen molar-refractivity contribution in [1.82, 2.24) is 9.78 Å². The molecule has 0 aliphatic heterocycles. The molecule has 0 radical (unpaired) electrons. The van der Waals surface area contributed by atoms with E-state index in [9.17, 15) is 4.21 Å². The lowest BCUT2D eigenvalue weighted by Gasteiger charge is -2.08. The van der Waals surface area contributed by atoms with E-state index in [0.29, 0.717) is 21.4 Å². The Labute approximate surface area is 140 Å². The molecule has 1 aromatic heterocycles. The first-order valence-electron chi connectivity index (χ1n) is 6.65. The van der Waals surface area contributed by atoms with Gasteiger partial charge in [-0.15, -0.1) is 0 Å². The number of nitrogen functional groups attached to an aromatic ring is 1. The first kappa shape index (κ1) is 16.5. The van der Waals surface area contributed by atoms with E-state index in [1.165, 1.54) is 0 Å². The molecule has 21 heavy (non-hydrogen) atoms. The highest BCUT2D eigenvalue weighted by atomic mass is 79.9. The van der Waals surface area contributed by atoms with Gasteiger partial charge in [0.15, 0.2) is 0 Å². The highest BCUT2D eigenvalue weighted by Crippen LogP contribution is 2.27. The molecule has 2 rings (SSSR count). The van der Waals surface area contributed by atoms with Crippen molar-refractivity contribution < 1.29 is 4.21 Å². The first-order chi connectivity index (χ1) is 9.97. The average molecular weight is 391 g/mol. The second kappa shape index (κ2) is 6.94. The SMILES string of the molecule is CCc1nn(CC)c(CS(=O)c2ccc(Cl)cc2N)c1Br. The van der Waals surface area contributed by atoms with E-state index in [1.807, 2.05) is 18.5 Å². The van der Waals surface area contributed by atoms with Crippen LogP contribution in [0.1, 0.15) is 25.2 Å². The molecule has 0 bridgehead atoms. The van der Waals surface area contributed by atoms with Gasteiger partial charge in [0, 0.05) is 17.3 Å². The van der Waals surface area contributed by atoms with Crippen LogP contribution >= 0.6 is 27.5 Å². The van der Waals surface area contributed by atoms with Crippen molar-refractivity contribution >= 4 is 44.0 Å². The third-order valence-corrected chi connectivity index (χ3v) is 5.73. The number of hydrogen-bond donors (Lipinski definition) is 1. The van der Waals surface area contributed by atoms with Crippen molar-refractivity contribution in [2.75, 3.05) is 5.73 Å². The van der Waals surface area contributed by atoms with E-state index in [4.69, 9.17) is 17.3 Å². The average Bonchev–Trinajstić information content (AvgIpc) is 2.75. The van der Waals surface area contributed by atoms with E-state index in [-0.39, 0.29) is 0 Å². The Hall–Kier alpha value is -0.850. The summed E-state index contributed by atoms with van der Waals surface area (Å²) in [6.07, 6.45) is 0.830. The molecule has 2 aromatic rings. The monoisotopic (exact) mass is 389 g/mol. The van der Waals surface area contributed by atoms with Gasteiger partial charge in [-0.05, 0) is 47.5 Å². The molecule has 4 nitrogen and oxygen atoms in total. The van der Waals surface area contributed by atoms with Gasteiger partial charge in [0.2, 0.25) is 0 Å². The van der Waals surface area contributed by atoms with Gasteiger partial charge in [-0.3, -0.25) is 8.89 Å². The van der Waals surface area contributed by atoms with Gasteiger partial charge in [0.1, 0.15) is 0 Å². The van der Waals surface area contributed by atoms with Crippen LogP contribution in [0.2, 0.25) is 5.02 Å². The fraction of sp³-hybridized carbons (Fsp3) is 0.357. The van der Waals surface area contributed by atoms with Crippen molar-refractivity contribution in [3.05, 3.63) is 39.1 Å². The molecule has 1 unspecified atom stereocenters. The third kappa shape index (κ3) is 3.49. The van der Waals surface area contributed by atoms with Gasteiger partial charge in [-0.25, -0.2) is 0 Å². The smallest absolute Gasteiger partial charge is 0.0767 e. The summed E-state index contributed by atoms with van der Waals surface area (Å²) in [4.78, 5) is 0.605. The molecule has 0 aliphatic rings. The van der Waals surface area contributed by atoms with Crippen LogP contribution in [-0.2, 0) is 29.5 Å². The predicted molar refractivity (Wildman–Crippen MR) is 91.0 cm³/mol. The summed E-state index contributed by atoms with van der Waals surface area (Å²) in [6.45, 7) is 4.80. The minimum absolute atomic E-state index is 0.368. The maximum Gasteiger partial charge on any atom is 0.0767 e. The summed E-state index contributed by atoms with van der Waals surface area (Å²) in [7, 11) is -1.24. The molecule has 0 saturated carbocycles. The van der Waals surface area contributed by atoms with Crippen LogP contribution in [0, 0.1) is 0 Å². The van der Waals surface area contributed by atoms with Crippen LogP contribution in [-0.4, -0.2) is 14.0 Å². The van der Waals surface area contributed by atoms with Crippen LogP contribution < -0.4 is 5.73 Å². The Morgan fingerprint density at radius 1 is 1.43 bits per heavy atom. The lowest BCUT2D eigenvalue weighted by Crippen LogP contribution is -2.07. The highest BCUT2D eigenvalue weighted by molar-refractivity contribution is 9.10. The molecule has 2 N–H and O–H groups in total. The number of nitrogens with zero attached hydrogens (tertiary/aromatic N) is 2. The van der Waals surface area contributed by atoms with Crippen LogP contribution in [0.5, 0.6) is 0 Å².